The quantitative estimate of drug-likeness (QED) is 0.521. The third-order valence-corrected chi connectivity index (χ3v) is 0.817. The molecule has 0 aromatic carbocycles. The van der Waals surface area contributed by atoms with Gasteiger partial charge in [0, 0.05) is 0 Å². The van der Waals surface area contributed by atoms with Gasteiger partial charge in [-0.1, -0.05) is 11.6 Å². The second kappa shape index (κ2) is 2.05. The van der Waals surface area contributed by atoms with E-state index in [0.717, 1.165) is 0 Å². The summed E-state index contributed by atoms with van der Waals surface area (Å²) in [6, 6.07) is 0. The lowest BCUT2D eigenvalue weighted by Gasteiger charge is -1.85. The van der Waals surface area contributed by atoms with Crippen LogP contribution >= 0.6 is 11.6 Å². The van der Waals surface area contributed by atoms with Gasteiger partial charge in [-0.25, -0.2) is 4.98 Å². The molecule has 0 unspecified atom stereocenters. The maximum absolute atomic E-state index is 5.43. The molecule has 0 bridgehead atoms. The van der Waals surface area contributed by atoms with Gasteiger partial charge in [-0.3, -0.25) is 0 Å². The maximum atomic E-state index is 5.43. The normalized spacial score (nSPS) is 9.25. The fourth-order valence-corrected chi connectivity index (χ4v) is 0.532. The molecular formula is C4H4ClN3. The lowest BCUT2D eigenvalue weighted by Crippen LogP contribution is -1.88. The Morgan fingerprint density at radius 2 is 2.38 bits per heavy atom. The van der Waals surface area contributed by atoms with E-state index in [9.17, 15) is 0 Å². The molecule has 0 N–H and O–H groups in total. The van der Waals surface area contributed by atoms with Crippen molar-refractivity contribution in [2.24, 2.45) is 0 Å². The molecule has 0 aliphatic heterocycles. The number of hydrogen-bond donors (Lipinski definition) is 0. The summed E-state index contributed by atoms with van der Waals surface area (Å²) in [4.78, 5) is 3.77. The first-order chi connectivity index (χ1) is 3.79. The van der Waals surface area contributed by atoms with Crippen LogP contribution in [0.15, 0.2) is 6.20 Å². The third kappa shape index (κ3) is 1.13. The summed E-state index contributed by atoms with van der Waals surface area (Å²) >= 11 is 5.43. The molecule has 1 aromatic rings. The van der Waals surface area contributed by atoms with Crippen molar-refractivity contribution in [3.05, 3.63) is 17.2 Å². The van der Waals surface area contributed by atoms with Crippen molar-refractivity contribution in [1.82, 2.24) is 15.2 Å². The van der Waals surface area contributed by atoms with Crippen molar-refractivity contribution in [2.45, 2.75) is 6.92 Å². The number of halogens is 1. The Kier molecular flexibility index (Phi) is 1.39. The van der Waals surface area contributed by atoms with Crippen LogP contribution in [0.3, 0.4) is 0 Å². The number of aryl methyl sites for hydroxylation is 1. The van der Waals surface area contributed by atoms with E-state index in [1.807, 2.05) is 0 Å². The van der Waals surface area contributed by atoms with E-state index in [-0.39, 0.29) is 0 Å². The van der Waals surface area contributed by atoms with Crippen LogP contribution in [0.4, 0.5) is 0 Å². The molecule has 0 aliphatic rings. The Bertz CT molecular complexity index is 171. The van der Waals surface area contributed by atoms with E-state index < -0.39 is 0 Å². The zero-order chi connectivity index (χ0) is 5.98. The van der Waals surface area contributed by atoms with Gasteiger partial charge in [0.25, 0.3) is 0 Å². The summed E-state index contributed by atoms with van der Waals surface area (Å²) in [5.74, 6) is 0.595. The Hall–Kier alpha value is -0.700. The van der Waals surface area contributed by atoms with E-state index >= 15 is 0 Å². The van der Waals surface area contributed by atoms with Crippen LogP contribution in [0.5, 0.6) is 0 Å². The summed E-state index contributed by atoms with van der Waals surface area (Å²) in [5.41, 5.74) is 0. The van der Waals surface area contributed by atoms with Crippen LogP contribution in [0, 0.1) is 6.92 Å². The summed E-state index contributed by atoms with van der Waals surface area (Å²) < 4.78 is 0. The Labute approximate surface area is 51.7 Å². The van der Waals surface area contributed by atoms with Crippen molar-refractivity contribution in [2.75, 3.05) is 0 Å². The Morgan fingerprint density at radius 3 is 2.75 bits per heavy atom. The van der Waals surface area contributed by atoms with Gasteiger partial charge in [0.2, 0.25) is 0 Å². The summed E-state index contributed by atoms with van der Waals surface area (Å²) in [7, 11) is 0. The van der Waals surface area contributed by atoms with Crippen molar-refractivity contribution >= 4 is 11.6 Å². The fourth-order valence-electron chi connectivity index (χ4n) is 0.366. The number of rotatable bonds is 0. The molecule has 0 spiro atoms. The Balaban J connectivity index is 3.08. The second-order valence-electron chi connectivity index (χ2n) is 1.33. The zero-order valence-corrected chi connectivity index (χ0v) is 5.05. The first-order valence-corrected chi connectivity index (χ1v) is 2.48. The third-order valence-electron chi connectivity index (χ3n) is 0.635. The number of hydrogen-bond acceptors (Lipinski definition) is 3. The highest BCUT2D eigenvalue weighted by Gasteiger charge is 1.87. The first-order valence-electron chi connectivity index (χ1n) is 2.11. The molecule has 0 atom stereocenters. The van der Waals surface area contributed by atoms with Gasteiger partial charge in [0.1, 0.15) is 5.82 Å². The largest absolute Gasteiger partial charge is 0.218 e. The van der Waals surface area contributed by atoms with Gasteiger partial charge in [-0.15, -0.1) is 5.10 Å². The topological polar surface area (TPSA) is 38.7 Å². The lowest BCUT2D eigenvalue weighted by atomic mass is 10.7. The van der Waals surface area contributed by atoms with Crippen molar-refractivity contribution < 1.29 is 0 Å². The monoisotopic (exact) mass is 129 g/mol. The predicted molar refractivity (Wildman–Crippen MR) is 29.6 cm³/mol. The highest BCUT2D eigenvalue weighted by molar-refractivity contribution is 6.29. The minimum atomic E-state index is 0.387. The highest BCUT2D eigenvalue weighted by atomic mass is 35.5. The van der Waals surface area contributed by atoms with Crippen LogP contribution in [-0.4, -0.2) is 15.2 Å². The van der Waals surface area contributed by atoms with Gasteiger partial charge in [-0.2, -0.15) is 5.10 Å². The van der Waals surface area contributed by atoms with Gasteiger partial charge < -0.3 is 0 Å². The molecule has 0 radical (unpaired) electrons. The van der Waals surface area contributed by atoms with Crippen LogP contribution < -0.4 is 0 Å². The SMILES string of the molecule is Cc1nncc(Cl)n1. The molecule has 0 fully saturated rings. The maximum Gasteiger partial charge on any atom is 0.151 e. The van der Waals surface area contributed by atoms with E-state index in [1.54, 1.807) is 6.92 Å². The molecule has 1 rings (SSSR count). The second-order valence-corrected chi connectivity index (χ2v) is 1.71. The standard InChI is InChI=1S/C4H4ClN3/c1-3-7-4(5)2-6-8-3/h2H,1H3. The van der Waals surface area contributed by atoms with E-state index in [0.29, 0.717) is 11.0 Å². The molecule has 1 aromatic heterocycles. The minimum absolute atomic E-state index is 0.387. The molecule has 1 heterocycles. The molecule has 3 nitrogen and oxygen atoms in total. The van der Waals surface area contributed by atoms with Gasteiger partial charge in [0.05, 0.1) is 6.20 Å². The van der Waals surface area contributed by atoms with Gasteiger partial charge >= 0.3 is 0 Å². The molecule has 42 valence electrons. The van der Waals surface area contributed by atoms with Crippen LogP contribution in [0.2, 0.25) is 5.15 Å². The summed E-state index contributed by atoms with van der Waals surface area (Å²) in [6.07, 6.45) is 1.40. The summed E-state index contributed by atoms with van der Waals surface area (Å²) in [5, 5.41) is 7.52. The van der Waals surface area contributed by atoms with E-state index in [1.165, 1.54) is 6.20 Å². The molecule has 0 aliphatic carbocycles. The van der Waals surface area contributed by atoms with Crippen molar-refractivity contribution in [3.8, 4) is 0 Å². The average molecular weight is 130 g/mol. The van der Waals surface area contributed by atoms with Gasteiger partial charge in [0.15, 0.2) is 5.15 Å². The van der Waals surface area contributed by atoms with E-state index in [4.69, 9.17) is 11.6 Å². The molecule has 0 saturated carbocycles. The minimum Gasteiger partial charge on any atom is -0.218 e. The fraction of sp³-hybridized carbons (Fsp3) is 0.250. The predicted octanol–water partition coefficient (Wildman–Crippen LogP) is 0.833. The molecule has 8 heavy (non-hydrogen) atoms. The Morgan fingerprint density at radius 1 is 1.62 bits per heavy atom. The number of aromatic nitrogens is 3. The molecular weight excluding hydrogens is 126 g/mol. The molecule has 4 heteroatoms. The highest BCUT2D eigenvalue weighted by Crippen LogP contribution is 1.97. The zero-order valence-electron chi connectivity index (χ0n) is 4.30. The van der Waals surface area contributed by atoms with Crippen LogP contribution in [0.25, 0.3) is 0 Å². The summed E-state index contributed by atoms with van der Waals surface area (Å²) in [6.45, 7) is 1.74. The van der Waals surface area contributed by atoms with Crippen LogP contribution in [-0.2, 0) is 0 Å². The average Bonchev–Trinajstić information content (AvgIpc) is 1.64. The lowest BCUT2D eigenvalue weighted by molar-refractivity contribution is 0.907. The van der Waals surface area contributed by atoms with Crippen molar-refractivity contribution in [3.63, 3.8) is 0 Å². The van der Waals surface area contributed by atoms with E-state index in [2.05, 4.69) is 15.2 Å². The van der Waals surface area contributed by atoms with Crippen LogP contribution in [0.1, 0.15) is 5.82 Å². The molecule has 0 saturated heterocycles. The molecule has 0 amide bonds. The smallest absolute Gasteiger partial charge is 0.151 e. The first kappa shape index (κ1) is 5.44. The van der Waals surface area contributed by atoms with Gasteiger partial charge in [-0.05, 0) is 6.92 Å². The number of nitrogens with zero attached hydrogens (tertiary/aromatic N) is 3. The van der Waals surface area contributed by atoms with Crippen molar-refractivity contribution in [1.29, 1.82) is 0 Å².